The van der Waals surface area contributed by atoms with E-state index in [9.17, 15) is 15.0 Å². The van der Waals surface area contributed by atoms with Crippen LogP contribution in [0.4, 0.5) is 0 Å². The van der Waals surface area contributed by atoms with Crippen molar-refractivity contribution in [2.24, 2.45) is 0 Å². The van der Waals surface area contributed by atoms with Gasteiger partial charge in [0.05, 0.1) is 0 Å². The number of unbranched alkanes of at least 4 members (excludes halogenated alkanes) is 1. The number of aromatic hydroxyl groups is 2. The molecule has 19 heavy (non-hydrogen) atoms. The lowest BCUT2D eigenvalue weighted by Gasteiger charge is -2.35. The van der Waals surface area contributed by atoms with Crippen LogP contribution in [0.15, 0.2) is 18.2 Å². The van der Waals surface area contributed by atoms with Gasteiger partial charge in [0.25, 0.3) is 0 Å². The van der Waals surface area contributed by atoms with Crippen LogP contribution in [0.3, 0.4) is 0 Å². The van der Waals surface area contributed by atoms with Crippen LogP contribution in [0.5, 0.6) is 11.5 Å². The molecule has 1 amide bonds. The Balaban J connectivity index is 2.25. The summed E-state index contributed by atoms with van der Waals surface area (Å²) in [6.45, 7) is 2.82. The van der Waals surface area contributed by atoms with Gasteiger partial charge < -0.3 is 15.1 Å². The molecule has 1 aromatic carbocycles. The van der Waals surface area contributed by atoms with E-state index in [1.165, 1.54) is 6.07 Å². The number of hydrogen-bond donors (Lipinski definition) is 2. The number of carbonyl (C=O) groups excluding carboxylic acids is 1. The molecule has 1 atom stereocenters. The monoisotopic (exact) mass is 281 g/mol. The third-order valence-electron chi connectivity index (χ3n) is 3.16. The molecule has 1 aromatic rings. The molecule has 1 saturated heterocycles. The van der Waals surface area contributed by atoms with Gasteiger partial charge in [-0.05, 0) is 24.1 Å². The third kappa shape index (κ3) is 3.35. The quantitative estimate of drug-likeness (QED) is 0.891. The molecule has 104 valence electrons. The van der Waals surface area contributed by atoms with E-state index < -0.39 is 0 Å². The van der Waals surface area contributed by atoms with Crippen LogP contribution in [0.1, 0.15) is 37.1 Å². The molecule has 1 unspecified atom stereocenters. The Morgan fingerprint density at radius 3 is 2.63 bits per heavy atom. The maximum atomic E-state index is 12.0. The SMILES string of the molecule is CCCCN1C(=O)CCSC1c1cc(O)cc(O)c1. The number of phenolic OH excluding ortho intramolecular Hbond substituents is 2. The molecule has 0 radical (unpaired) electrons. The number of rotatable bonds is 4. The van der Waals surface area contributed by atoms with Crippen molar-refractivity contribution in [3.63, 3.8) is 0 Å². The number of amides is 1. The Hall–Kier alpha value is -1.36. The van der Waals surface area contributed by atoms with Crippen molar-refractivity contribution < 1.29 is 15.0 Å². The lowest BCUT2D eigenvalue weighted by Crippen LogP contribution is -2.37. The second-order valence-electron chi connectivity index (χ2n) is 4.70. The van der Waals surface area contributed by atoms with Crippen LogP contribution in [0.25, 0.3) is 0 Å². The zero-order valence-electron chi connectivity index (χ0n) is 11.0. The fourth-order valence-electron chi connectivity index (χ4n) is 2.23. The van der Waals surface area contributed by atoms with Gasteiger partial charge in [0.15, 0.2) is 0 Å². The molecule has 1 aliphatic heterocycles. The number of thioether (sulfide) groups is 1. The van der Waals surface area contributed by atoms with Gasteiger partial charge in [-0.25, -0.2) is 0 Å². The summed E-state index contributed by atoms with van der Waals surface area (Å²) in [5.41, 5.74) is 0.784. The summed E-state index contributed by atoms with van der Waals surface area (Å²) in [4.78, 5) is 13.9. The molecule has 0 aliphatic carbocycles. The van der Waals surface area contributed by atoms with Crippen molar-refractivity contribution in [3.8, 4) is 11.5 Å². The van der Waals surface area contributed by atoms with E-state index in [-0.39, 0.29) is 22.8 Å². The van der Waals surface area contributed by atoms with E-state index in [2.05, 4.69) is 6.92 Å². The molecule has 0 saturated carbocycles. The largest absolute Gasteiger partial charge is 0.508 e. The highest BCUT2D eigenvalue weighted by Gasteiger charge is 2.29. The average Bonchev–Trinajstić information content (AvgIpc) is 2.36. The van der Waals surface area contributed by atoms with Gasteiger partial charge in [-0.15, -0.1) is 11.8 Å². The molecule has 0 aromatic heterocycles. The Morgan fingerprint density at radius 2 is 2.00 bits per heavy atom. The van der Waals surface area contributed by atoms with Gasteiger partial charge in [-0.2, -0.15) is 0 Å². The smallest absolute Gasteiger partial charge is 0.224 e. The first kappa shape index (κ1) is 14.1. The standard InChI is InChI=1S/C14H19NO3S/c1-2-3-5-15-13(18)4-6-19-14(15)10-7-11(16)9-12(17)8-10/h7-9,14,16-17H,2-6H2,1H3. The summed E-state index contributed by atoms with van der Waals surface area (Å²) < 4.78 is 0. The summed E-state index contributed by atoms with van der Waals surface area (Å²) in [7, 11) is 0. The summed E-state index contributed by atoms with van der Waals surface area (Å²) in [5.74, 6) is 0.996. The molecular weight excluding hydrogens is 262 g/mol. The fraction of sp³-hybridized carbons (Fsp3) is 0.500. The molecule has 1 fully saturated rings. The topological polar surface area (TPSA) is 60.8 Å². The van der Waals surface area contributed by atoms with Crippen LogP contribution >= 0.6 is 11.8 Å². The van der Waals surface area contributed by atoms with Gasteiger partial charge in [0.2, 0.25) is 5.91 Å². The van der Waals surface area contributed by atoms with Crippen molar-refractivity contribution >= 4 is 17.7 Å². The molecule has 0 spiro atoms. The van der Waals surface area contributed by atoms with Crippen LogP contribution in [-0.2, 0) is 4.79 Å². The number of benzene rings is 1. The summed E-state index contributed by atoms with van der Waals surface area (Å²) >= 11 is 1.68. The lowest BCUT2D eigenvalue weighted by atomic mass is 10.1. The van der Waals surface area contributed by atoms with Crippen molar-refractivity contribution in [2.75, 3.05) is 12.3 Å². The minimum Gasteiger partial charge on any atom is -0.508 e. The minimum absolute atomic E-state index is 0.0315. The van der Waals surface area contributed by atoms with Gasteiger partial charge in [0.1, 0.15) is 16.9 Å². The maximum absolute atomic E-state index is 12.0. The van der Waals surface area contributed by atoms with Gasteiger partial charge in [-0.3, -0.25) is 4.79 Å². The second kappa shape index (κ2) is 6.19. The molecule has 4 nitrogen and oxygen atoms in total. The molecule has 1 heterocycles. The van der Waals surface area contributed by atoms with Crippen LogP contribution in [0.2, 0.25) is 0 Å². The van der Waals surface area contributed by atoms with Crippen molar-refractivity contribution in [1.82, 2.24) is 4.90 Å². The van der Waals surface area contributed by atoms with Crippen molar-refractivity contribution in [1.29, 1.82) is 0 Å². The Kier molecular flexibility index (Phi) is 4.58. The predicted octanol–water partition coefficient (Wildman–Crippen LogP) is 2.86. The Labute approximate surface area is 117 Å². The normalized spacial score (nSPS) is 19.7. The average molecular weight is 281 g/mol. The summed E-state index contributed by atoms with van der Waals surface area (Å²) in [6.07, 6.45) is 2.57. The van der Waals surface area contributed by atoms with E-state index in [0.717, 1.165) is 30.7 Å². The molecule has 1 aliphatic rings. The molecule has 2 rings (SSSR count). The number of nitrogens with zero attached hydrogens (tertiary/aromatic N) is 1. The zero-order valence-corrected chi connectivity index (χ0v) is 11.8. The van der Waals surface area contributed by atoms with Crippen molar-refractivity contribution in [2.45, 2.75) is 31.6 Å². The van der Waals surface area contributed by atoms with E-state index in [4.69, 9.17) is 0 Å². The van der Waals surface area contributed by atoms with Gasteiger partial charge >= 0.3 is 0 Å². The maximum Gasteiger partial charge on any atom is 0.224 e. The van der Waals surface area contributed by atoms with Crippen LogP contribution < -0.4 is 0 Å². The van der Waals surface area contributed by atoms with Crippen LogP contribution in [-0.4, -0.2) is 33.3 Å². The first-order valence-corrected chi connectivity index (χ1v) is 7.60. The highest BCUT2D eigenvalue weighted by Crippen LogP contribution is 2.39. The molecule has 2 N–H and O–H groups in total. The van der Waals surface area contributed by atoms with E-state index in [1.54, 1.807) is 23.9 Å². The number of hydrogen-bond acceptors (Lipinski definition) is 4. The minimum atomic E-state index is -0.106. The summed E-state index contributed by atoms with van der Waals surface area (Å²) in [6, 6.07) is 4.54. The van der Waals surface area contributed by atoms with Gasteiger partial charge in [0, 0.05) is 24.8 Å². The molecule has 5 heteroatoms. The van der Waals surface area contributed by atoms with E-state index in [0.29, 0.717) is 6.42 Å². The Bertz CT molecular complexity index is 444. The number of carbonyl (C=O) groups is 1. The highest BCUT2D eigenvalue weighted by molar-refractivity contribution is 7.99. The van der Waals surface area contributed by atoms with Gasteiger partial charge in [-0.1, -0.05) is 13.3 Å². The number of phenols is 2. The van der Waals surface area contributed by atoms with E-state index >= 15 is 0 Å². The first-order chi connectivity index (χ1) is 9.11. The van der Waals surface area contributed by atoms with Crippen molar-refractivity contribution in [3.05, 3.63) is 23.8 Å². The zero-order chi connectivity index (χ0) is 13.8. The lowest BCUT2D eigenvalue weighted by molar-refractivity contribution is -0.132. The van der Waals surface area contributed by atoms with Crippen LogP contribution in [0, 0.1) is 0 Å². The highest BCUT2D eigenvalue weighted by atomic mass is 32.2. The second-order valence-corrected chi connectivity index (χ2v) is 5.88. The molecule has 0 bridgehead atoms. The molecular formula is C14H19NO3S. The van der Waals surface area contributed by atoms with E-state index in [1.807, 2.05) is 4.90 Å². The summed E-state index contributed by atoms with van der Waals surface area (Å²) in [5, 5.41) is 19.1. The third-order valence-corrected chi connectivity index (χ3v) is 4.44. The first-order valence-electron chi connectivity index (χ1n) is 6.56. The predicted molar refractivity (Wildman–Crippen MR) is 76.2 cm³/mol. The fourth-order valence-corrected chi connectivity index (χ4v) is 3.48. The Morgan fingerprint density at radius 1 is 1.32 bits per heavy atom.